The lowest BCUT2D eigenvalue weighted by Crippen LogP contribution is -2.43. The third-order valence-corrected chi connectivity index (χ3v) is 3.75. The average Bonchev–Trinajstić information content (AvgIpc) is 2.61. The van der Waals surface area contributed by atoms with Crippen molar-refractivity contribution in [1.82, 2.24) is 15.3 Å². The molecule has 1 atom stereocenters. The second kappa shape index (κ2) is 8.92. The van der Waals surface area contributed by atoms with E-state index in [1.54, 1.807) is 6.92 Å². The van der Waals surface area contributed by atoms with Crippen molar-refractivity contribution >= 4 is 6.09 Å². The predicted octanol–water partition coefficient (Wildman–Crippen LogP) is 3.28. The van der Waals surface area contributed by atoms with Gasteiger partial charge < -0.3 is 20.5 Å². The zero-order chi connectivity index (χ0) is 20.9. The van der Waals surface area contributed by atoms with Crippen LogP contribution in [0.5, 0.6) is 11.8 Å². The van der Waals surface area contributed by atoms with Gasteiger partial charge in [0.15, 0.2) is 11.6 Å². The van der Waals surface area contributed by atoms with Crippen LogP contribution in [0.1, 0.15) is 27.2 Å². The third kappa shape index (κ3) is 5.85. The highest BCUT2D eigenvalue weighted by atomic mass is 19.1. The lowest BCUT2D eigenvalue weighted by atomic mass is 9.93. The molecule has 0 unspecified atom stereocenters. The number of carbonyl (C=O) groups excluding carboxylic acids is 1. The molecule has 0 bridgehead atoms. The first-order valence-corrected chi connectivity index (χ1v) is 8.75. The molecule has 1 aromatic carbocycles. The number of aromatic nitrogens is 2. The molecule has 152 valence electrons. The minimum absolute atomic E-state index is 0.0402. The van der Waals surface area contributed by atoms with Gasteiger partial charge in [0.2, 0.25) is 0 Å². The van der Waals surface area contributed by atoms with Gasteiger partial charge in [-0.2, -0.15) is 4.98 Å². The smallest absolute Gasteiger partial charge is 0.414 e. The van der Waals surface area contributed by atoms with E-state index >= 15 is 0 Å². The molecule has 2 aromatic rings. The van der Waals surface area contributed by atoms with E-state index in [0.717, 1.165) is 12.1 Å². The molecule has 1 heterocycles. The minimum atomic E-state index is -0.779. The molecule has 0 saturated carbocycles. The predicted molar refractivity (Wildman–Crippen MR) is 100 cm³/mol. The molecule has 1 amide bonds. The van der Waals surface area contributed by atoms with Gasteiger partial charge in [-0.25, -0.2) is 18.6 Å². The molecule has 0 fully saturated rings. The van der Waals surface area contributed by atoms with E-state index < -0.39 is 23.3 Å². The number of rotatable bonds is 7. The number of nitrogens with zero attached hydrogens (tertiary/aromatic N) is 2. The lowest BCUT2D eigenvalue weighted by molar-refractivity contribution is 0.199. The van der Waals surface area contributed by atoms with Gasteiger partial charge in [0.05, 0.1) is 5.69 Å². The Hall–Kier alpha value is -2.81. The zero-order valence-corrected chi connectivity index (χ0v) is 16.3. The van der Waals surface area contributed by atoms with Crippen molar-refractivity contribution in [3.05, 3.63) is 36.0 Å². The number of benzene rings is 1. The summed E-state index contributed by atoms with van der Waals surface area (Å²) >= 11 is 0. The van der Waals surface area contributed by atoms with Crippen molar-refractivity contribution < 1.29 is 23.0 Å². The Bertz CT molecular complexity index is 844. The van der Waals surface area contributed by atoms with Crippen LogP contribution in [0, 0.1) is 17.6 Å². The summed E-state index contributed by atoms with van der Waals surface area (Å²) in [6.07, 6.45) is 1.16. The molecule has 0 radical (unpaired) electrons. The highest BCUT2D eigenvalue weighted by molar-refractivity contribution is 5.69. The maximum atomic E-state index is 14.5. The van der Waals surface area contributed by atoms with E-state index in [4.69, 9.17) is 15.2 Å². The van der Waals surface area contributed by atoms with E-state index in [2.05, 4.69) is 15.3 Å². The molecule has 0 aliphatic rings. The number of hydrogen-bond donors (Lipinski definition) is 2. The first-order chi connectivity index (χ1) is 13.1. The van der Waals surface area contributed by atoms with Gasteiger partial charge in [-0.1, -0.05) is 13.8 Å². The fourth-order valence-electron chi connectivity index (χ4n) is 2.74. The molecule has 0 aliphatic carbocycles. The standard InChI is InChI=1S/C19H24F2N4O3/c1-11(2)9-19(3,22)10-27-16-8-13(20)12(7-14(16)21)15-5-6-24-17(25-15)28-18(26)23-4/h5-8,11H,9-10,22H2,1-4H3,(H,23,26)/t19-/m0/s1. The van der Waals surface area contributed by atoms with Crippen molar-refractivity contribution in [1.29, 1.82) is 0 Å². The molecule has 28 heavy (non-hydrogen) atoms. The second-order valence-electron chi connectivity index (χ2n) is 7.17. The van der Waals surface area contributed by atoms with Crippen LogP contribution in [-0.4, -0.2) is 35.3 Å². The number of amides is 1. The van der Waals surface area contributed by atoms with Crippen molar-refractivity contribution in [2.24, 2.45) is 11.7 Å². The molecule has 0 spiro atoms. The number of carbonyl (C=O) groups is 1. The summed E-state index contributed by atoms with van der Waals surface area (Å²) in [4.78, 5) is 18.9. The van der Waals surface area contributed by atoms with Gasteiger partial charge >= 0.3 is 12.1 Å². The zero-order valence-electron chi connectivity index (χ0n) is 16.3. The van der Waals surface area contributed by atoms with Crippen LogP contribution in [0.15, 0.2) is 24.4 Å². The Balaban J connectivity index is 2.22. The van der Waals surface area contributed by atoms with Crippen LogP contribution in [-0.2, 0) is 0 Å². The minimum Gasteiger partial charge on any atom is -0.489 e. The van der Waals surface area contributed by atoms with Gasteiger partial charge in [-0.05, 0) is 31.4 Å². The van der Waals surface area contributed by atoms with E-state index in [0.29, 0.717) is 12.3 Å². The number of nitrogens with two attached hydrogens (primary N) is 1. The van der Waals surface area contributed by atoms with Gasteiger partial charge in [-0.3, -0.25) is 0 Å². The Kier molecular flexibility index (Phi) is 6.85. The van der Waals surface area contributed by atoms with Crippen LogP contribution in [0.25, 0.3) is 11.3 Å². The summed E-state index contributed by atoms with van der Waals surface area (Å²) in [7, 11) is 1.37. The summed E-state index contributed by atoms with van der Waals surface area (Å²) in [6.45, 7) is 5.87. The normalized spacial score (nSPS) is 13.1. The van der Waals surface area contributed by atoms with Crippen LogP contribution >= 0.6 is 0 Å². The summed E-state index contributed by atoms with van der Waals surface area (Å²) in [5.74, 6) is -1.41. The summed E-state index contributed by atoms with van der Waals surface area (Å²) < 4.78 is 39.2. The van der Waals surface area contributed by atoms with Crippen LogP contribution in [0.4, 0.5) is 13.6 Å². The summed E-state index contributed by atoms with van der Waals surface area (Å²) in [5.41, 5.74) is 5.40. The molecule has 1 aromatic heterocycles. The molecule has 0 aliphatic heterocycles. The van der Waals surface area contributed by atoms with Crippen molar-refractivity contribution in [3.63, 3.8) is 0 Å². The molecule has 2 rings (SSSR count). The van der Waals surface area contributed by atoms with E-state index in [-0.39, 0.29) is 29.6 Å². The maximum Gasteiger partial charge on any atom is 0.414 e. The number of nitrogens with one attached hydrogen (secondary N) is 1. The Morgan fingerprint density at radius 3 is 2.68 bits per heavy atom. The largest absolute Gasteiger partial charge is 0.489 e. The van der Waals surface area contributed by atoms with E-state index in [1.165, 1.54) is 19.3 Å². The molecule has 3 N–H and O–H groups in total. The SMILES string of the molecule is CNC(=O)Oc1nccc(-c2cc(F)c(OC[C@@](C)(N)CC(C)C)cc2F)n1. The monoisotopic (exact) mass is 394 g/mol. The Morgan fingerprint density at radius 1 is 1.32 bits per heavy atom. The molecule has 0 saturated heterocycles. The molecule has 7 nitrogen and oxygen atoms in total. The first-order valence-electron chi connectivity index (χ1n) is 8.75. The van der Waals surface area contributed by atoms with Crippen LogP contribution in [0.2, 0.25) is 0 Å². The van der Waals surface area contributed by atoms with Crippen molar-refractivity contribution in [2.75, 3.05) is 13.7 Å². The highest BCUT2D eigenvalue weighted by Crippen LogP contribution is 2.29. The number of ether oxygens (including phenoxy) is 2. The average molecular weight is 394 g/mol. The summed E-state index contributed by atoms with van der Waals surface area (Å²) in [5, 5.41) is 2.24. The maximum absolute atomic E-state index is 14.5. The van der Waals surface area contributed by atoms with Gasteiger partial charge in [0, 0.05) is 30.4 Å². The molecule has 9 heteroatoms. The van der Waals surface area contributed by atoms with Crippen molar-refractivity contribution in [3.8, 4) is 23.0 Å². The Morgan fingerprint density at radius 2 is 2.04 bits per heavy atom. The fraction of sp³-hybridized carbons (Fsp3) is 0.421. The summed E-state index contributed by atoms with van der Waals surface area (Å²) in [6, 6.07) is 2.99. The van der Waals surface area contributed by atoms with Crippen molar-refractivity contribution in [2.45, 2.75) is 32.7 Å². The molecular weight excluding hydrogens is 370 g/mol. The topological polar surface area (TPSA) is 99.4 Å². The third-order valence-electron chi connectivity index (χ3n) is 3.75. The fourth-order valence-corrected chi connectivity index (χ4v) is 2.74. The van der Waals surface area contributed by atoms with Gasteiger partial charge in [-0.15, -0.1) is 0 Å². The van der Waals surface area contributed by atoms with Gasteiger partial charge in [0.1, 0.15) is 12.4 Å². The first kappa shape index (κ1) is 21.5. The number of hydrogen-bond acceptors (Lipinski definition) is 6. The van der Waals surface area contributed by atoms with E-state index in [1.807, 2.05) is 13.8 Å². The van der Waals surface area contributed by atoms with Gasteiger partial charge in [0.25, 0.3) is 0 Å². The lowest BCUT2D eigenvalue weighted by Gasteiger charge is -2.26. The van der Waals surface area contributed by atoms with Crippen LogP contribution in [0.3, 0.4) is 0 Å². The van der Waals surface area contributed by atoms with E-state index in [9.17, 15) is 13.6 Å². The van der Waals surface area contributed by atoms with Crippen LogP contribution < -0.4 is 20.5 Å². The quantitative estimate of drug-likeness (QED) is 0.748. The number of halogens is 2. The second-order valence-corrected chi connectivity index (χ2v) is 7.17. The Labute approximate surface area is 162 Å². The molecular formula is C19H24F2N4O3. The highest BCUT2D eigenvalue weighted by Gasteiger charge is 2.23.